The van der Waals surface area contributed by atoms with Gasteiger partial charge in [0, 0.05) is 17.8 Å². The molecule has 3 amide bonds. The maximum absolute atomic E-state index is 12.7. The Morgan fingerprint density at radius 2 is 2.10 bits per heavy atom. The van der Waals surface area contributed by atoms with Crippen molar-refractivity contribution in [3.63, 3.8) is 0 Å². The fourth-order valence-electron chi connectivity index (χ4n) is 1.66. The van der Waals surface area contributed by atoms with Crippen LogP contribution in [-0.4, -0.2) is 29.7 Å². The number of halogens is 3. The van der Waals surface area contributed by atoms with Crippen molar-refractivity contribution in [3.05, 3.63) is 23.9 Å². The Kier molecular flexibility index (Phi) is 3.28. The van der Waals surface area contributed by atoms with Crippen molar-refractivity contribution in [3.8, 4) is 5.88 Å². The normalized spacial score (nSPS) is 22.4. The van der Waals surface area contributed by atoms with Gasteiger partial charge < -0.3 is 10.1 Å². The number of hydrogen-bond donors (Lipinski definition) is 2. The molecule has 0 bridgehead atoms. The van der Waals surface area contributed by atoms with Gasteiger partial charge in [-0.25, -0.2) is 14.2 Å². The standard InChI is InChI=1S/C11H10F3N3O3/c1-10(8(18)16-9(19)17-10)6-2-3-7(15-4-6)20-11(13,14)5-12/h2-4H,5H2,1H3,(H2,16,17,18,19). The van der Waals surface area contributed by atoms with Gasteiger partial charge in [0.1, 0.15) is 5.54 Å². The molecule has 108 valence electrons. The van der Waals surface area contributed by atoms with Crippen LogP contribution in [-0.2, 0) is 10.3 Å². The van der Waals surface area contributed by atoms with E-state index < -0.39 is 36.1 Å². The van der Waals surface area contributed by atoms with Crippen molar-refractivity contribution >= 4 is 11.9 Å². The number of carbonyl (C=O) groups excluding carboxylic acids is 2. The van der Waals surface area contributed by atoms with Crippen molar-refractivity contribution < 1.29 is 27.5 Å². The molecule has 0 aliphatic carbocycles. The molecule has 2 heterocycles. The van der Waals surface area contributed by atoms with Crippen LogP contribution in [0.1, 0.15) is 12.5 Å². The first-order chi connectivity index (χ1) is 9.27. The quantitative estimate of drug-likeness (QED) is 0.813. The molecule has 1 aliphatic rings. The summed E-state index contributed by atoms with van der Waals surface area (Å²) in [6.07, 6.45) is -2.87. The van der Waals surface area contributed by atoms with Gasteiger partial charge in [0.15, 0.2) is 6.67 Å². The van der Waals surface area contributed by atoms with Crippen LogP contribution >= 0.6 is 0 Å². The number of imide groups is 1. The van der Waals surface area contributed by atoms with E-state index in [0.717, 1.165) is 12.3 Å². The Labute approximate surface area is 111 Å². The summed E-state index contributed by atoms with van der Waals surface area (Å²) in [6.45, 7) is -0.548. The second-order valence-corrected chi connectivity index (χ2v) is 4.29. The van der Waals surface area contributed by atoms with Gasteiger partial charge in [0.25, 0.3) is 5.91 Å². The summed E-state index contributed by atoms with van der Waals surface area (Å²) >= 11 is 0. The highest BCUT2D eigenvalue weighted by atomic mass is 19.3. The fourth-order valence-corrected chi connectivity index (χ4v) is 1.66. The SMILES string of the molecule is CC1(c2ccc(OC(F)(F)CF)nc2)NC(=O)NC1=O. The predicted octanol–water partition coefficient (Wildman–Crippen LogP) is 1.08. The Balaban J connectivity index is 2.21. The van der Waals surface area contributed by atoms with Crippen molar-refractivity contribution in [2.45, 2.75) is 18.6 Å². The lowest BCUT2D eigenvalue weighted by Gasteiger charge is -2.21. The zero-order chi connectivity index (χ0) is 15.0. The number of amides is 3. The Morgan fingerprint density at radius 1 is 1.40 bits per heavy atom. The third-order valence-corrected chi connectivity index (χ3v) is 2.77. The summed E-state index contributed by atoms with van der Waals surface area (Å²) in [6, 6.07) is 1.67. The second-order valence-electron chi connectivity index (χ2n) is 4.29. The van der Waals surface area contributed by atoms with Gasteiger partial charge in [-0.2, -0.15) is 8.78 Å². The maximum atomic E-state index is 12.7. The summed E-state index contributed by atoms with van der Waals surface area (Å²) < 4.78 is 41.3. The Hall–Kier alpha value is -2.32. The summed E-state index contributed by atoms with van der Waals surface area (Å²) in [5.41, 5.74) is -1.07. The van der Waals surface area contributed by atoms with Crippen molar-refractivity contribution in [1.29, 1.82) is 0 Å². The number of ether oxygens (including phenoxy) is 1. The molecule has 0 aromatic carbocycles. The Morgan fingerprint density at radius 3 is 2.55 bits per heavy atom. The number of nitrogens with one attached hydrogen (secondary N) is 2. The van der Waals surface area contributed by atoms with E-state index in [1.807, 2.05) is 0 Å². The van der Waals surface area contributed by atoms with Crippen molar-refractivity contribution in [2.24, 2.45) is 0 Å². The predicted molar refractivity (Wildman–Crippen MR) is 59.8 cm³/mol. The molecule has 2 rings (SSSR count). The lowest BCUT2D eigenvalue weighted by molar-refractivity contribution is -0.188. The van der Waals surface area contributed by atoms with E-state index in [0.29, 0.717) is 0 Å². The van der Waals surface area contributed by atoms with E-state index in [1.54, 1.807) is 0 Å². The average molecular weight is 289 g/mol. The van der Waals surface area contributed by atoms with Crippen LogP contribution in [0, 0.1) is 0 Å². The first-order valence-electron chi connectivity index (χ1n) is 5.50. The third-order valence-electron chi connectivity index (χ3n) is 2.77. The highest BCUT2D eigenvalue weighted by molar-refractivity contribution is 6.07. The monoisotopic (exact) mass is 289 g/mol. The fraction of sp³-hybridized carbons (Fsp3) is 0.364. The number of urea groups is 1. The molecule has 1 atom stereocenters. The molecule has 0 spiro atoms. The van der Waals surface area contributed by atoms with Gasteiger partial charge in [0.2, 0.25) is 5.88 Å². The molecule has 1 aliphatic heterocycles. The van der Waals surface area contributed by atoms with Gasteiger partial charge in [-0.1, -0.05) is 0 Å². The number of alkyl halides is 3. The number of nitrogens with zero attached hydrogens (tertiary/aromatic N) is 1. The minimum absolute atomic E-state index is 0.275. The van der Waals surface area contributed by atoms with Crippen molar-refractivity contribution in [2.75, 3.05) is 6.67 Å². The van der Waals surface area contributed by atoms with Crippen LogP contribution in [0.2, 0.25) is 0 Å². The number of aromatic nitrogens is 1. The molecule has 20 heavy (non-hydrogen) atoms. The van der Waals surface area contributed by atoms with Crippen LogP contribution in [0.5, 0.6) is 5.88 Å². The molecular weight excluding hydrogens is 279 g/mol. The van der Waals surface area contributed by atoms with E-state index >= 15 is 0 Å². The minimum atomic E-state index is -3.96. The van der Waals surface area contributed by atoms with E-state index in [4.69, 9.17) is 0 Å². The highest BCUT2D eigenvalue weighted by Crippen LogP contribution is 2.26. The number of pyridine rings is 1. The van der Waals surface area contributed by atoms with Crippen LogP contribution in [0.15, 0.2) is 18.3 Å². The van der Waals surface area contributed by atoms with Crippen LogP contribution in [0.25, 0.3) is 0 Å². The minimum Gasteiger partial charge on any atom is -0.413 e. The number of rotatable bonds is 4. The molecule has 1 unspecified atom stereocenters. The number of carbonyl (C=O) groups is 2. The lowest BCUT2D eigenvalue weighted by Crippen LogP contribution is -2.40. The third kappa shape index (κ3) is 2.51. The molecule has 6 nitrogen and oxygen atoms in total. The van der Waals surface area contributed by atoms with Crippen molar-refractivity contribution in [1.82, 2.24) is 15.6 Å². The van der Waals surface area contributed by atoms with Gasteiger partial charge in [-0.15, -0.1) is 0 Å². The zero-order valence-electron chi connectivity index (χ0n) is 10.2. The first kappa shape index (κ1) is 14.1. The average Bonchev–Trinajstić information content (AvgIpc) is 2.64. The van der Waals surface area contributed by atoms with Gasteiger partial charge in [0.05, 0.1) is 0 Å². The first-order valence-corrected chi connectivity index (χ1v) is 5.50. The molecule has 9 heteroatoms. The van der Waals surface area contributed by atoms with Crippen LogP contribution in [0.3, 0.4) is 0 Å². The summed E-state index contributed by atoms with van der Waals surface area (Å²) in [5.74, 6) is -1.09. The lowest BCUT2D eigenvalue weighted by atomic mass is 9.94. The maximum Gasteiger partial charge on any atom is 0.428 e. The largest absolute Gasteiger partial charge is 0.428 e. The van der Waals surface area contributed by atoms with E-state index in [2.05, 4.69) is 20.4 Å². The van der Waals surface area contributed by atoms with Crippen LogP contribution < -0.4 is 15.4 Å². The Bertz CT molecular complexity index is 550. The van der Waals surface area contributed by atoms with Gasteiger partial charge >= 0.3 is 12.1 Å². The molecular formula is C11H10F3N3O3. The molecule has 1 saturated heterocycles. The molecule has 0 radical (unpaired) electrons. The van der Waals surface area contributed by atoms with E-state index in [9.17, 15) is 22.8 Å². The highest BCUT2D eigenvalue weighted by Gasteiger charge is 2.43. The smallest absolute Gasteiger partial charge is 0.413 e. The molecule has 0 saturated carbocycles. The number of hydrogen-bond acceptors (Lipinski definition) is 4. The molecule has 2 N–H and O–H groups in total. The topological polar surface area (TPSA) is 80.3 Å². The van der Waals surface area contributed by atoms with Crippen LogP contribution in [0.4, 0.5) is 18.0 Å². The summed E-state index contributed by atoms with van der Waals surface area (Å²) in [7, 11) is 0. The van der Waals surface area contributed by atoms with E-state index in [-0.39, 0.29) is 5.56 Å². The van der Waals surface area contributed by atoms with Gasteiger partial charge in [-0.05, 0) is 13.0 Å². The summed E-state index contributed by atoms with van der Waals surface area (Å²) in [4.78, 5) is 26.3. The molecule has 1 aromatic heterocycles. The summed E-state index contributed by atoms with van der Waals surface area (Å²) in [5, 5.41) is 4.44. The van der Waals surface area contributed by atoms with E-state index in [1.165, 1.54) is 13.0 Å². The van der Waals surface area contributed by atoms with Gasteiger partial charge in [-0.3, -0.25) is 10.1 Å². The molecule has 1 fully saturated rings. The second kappa shape index (κ2) is 4.66. The zero-order valence-corrected chi connectivity index (χ0v) is 10.2. The molecule has 1 aromatic rings.